The third-order valence-electron chi connectivity index (χ3n) is 5.55. The first-order valence-electron chi connectivity index (χ1n) is 9.37. The second-order valence-corrected chi connectivity index (χ2v) is 7.67. The van der Waals surface area contributed by atoms with Crippen molar-refractivity contribution in [2.75, 3.05) is 0 Å². The van der Waals surface area contributed by atoms with E-state index in [4.69, 9.17) is 4.74 Å². The average Bonchev–Trinajstić information content (AvgIpc) is 3.01. The number of hydrogen-bond acceptors (Lipinski definition) is 2. The molecule has 0 amide bonds. The quantitative estimate of drug-likeness (QED) is 0.563. The molecule has 0 spiro atoms. The van der Waals surface area contributed by atoms with Crippen molar-refractivity contribution < 1.29 is 9.53 Å². The van der Waals surface area contributed by atoms with E-state index in [1.54, 1.807) is 6.92 Å². The molecule has 0 radical (unpaired) electrons. The average molecular weight is 356 g/mol. The lowest BCUT2D eigenvalue weighted by atomic mass is 9.82. The first-order valence-corrected chi connectivity index (χ1v) is 9.37. The van der Waals surface area contributed by atoms with Crippen molar-refractivity contribution in [1.82, 2.24) is 0 Å². The molecule has 1 aliphatic rings. The highest BCUT2D eigenvalue weighted by Crippen LogP contribution is 2.46. The van der Waals surface area contributed by atoms with Gasteiger partial charge in [0, 0.05) is 23.1 Å². The van der Waals surface area contributed by atoms with E-state index in [1.807, 2.05) is 19.1 Å². The van der Waals surface area contributed by atoms with Gasteiger partial charge in [-0.15, -0.1) is 0 Å². The number of fused-ring (bicyclic) bond motifs is 1. The number of rotatable bonds is 3. The molecule has 0 saturated carbocycles. The molecule has 136 valence electrons. The van der Waals surface area contributed by atoms with Crippen LogP contribution in [0.25, 0.3) is 0 Å². The molecule has 27 heavy (non-hydrogen) atoms. The molecule has 1 aliphatic heterocycles. The molecule has 0 N–H and O–H groups in total. The van der Waals surface area contributed by atoms with Gasteiger partial charge in [-0.1, -0.05) is 59.7 Å². The Kier molecular flexibility index (Phi) is 4.15. The Labute approximate surface area is 160 Å². The van der Waals surface area contributed by atoms with Crippen LogP contribution in [-0.2, 0) is 12.0 Å². The smallest absolute Gasteiger partial charge is 0.163 e. The van der Waals surface area contributed by atoms with E-state index in [0.717, 1.165) is 40.0 Å². The van der Waals surface area contributed by atoms with E-state index < -0.39 is 5.60 Å². The number of benzene rings is 3. The molecule has 0 saturated heterocycles. The van der Waals surface area contributed by atoms with E-state index in [2.05, 4.69) is 62.4 Å². The largest absolute Gasteiger partial charge is 0.477 e. The third kappa shape index (κ3) is 2.95. The molecule has 0 fully saturated rings. The second kappa shape index (κ2) is 6.38. The summed E-state index contributed by atoms with van der Waals surface area (Å²) in [6, 6.07) is 21.1. The fraction of sp³-hybridized carbons (Fsp3) is 0.240. The van der Waals surface area contributed by atoms with Crippen LogP contribution in [0.4, 0.5) is 0 Å². The van der Waals surface area contributed by atoms with Crippen LogP contribution in [-0.4, -0.2) is 5.78 Å². The predicted molar refractivity (Wildman–Crippen MR) is 109 cm³/mol. The van der Waals surface area contributed by atoms with Gasteiger partial charge >= 0.3 is 0 Å². The first kappa shape index (κ1) is 17.5. The summed E-state index contributed by atoms with van der Waals surface area (Å²) in [4.78, 5) is 12.0. The molecule has 0 atom stereocenters. The SMILES string of the molecule is CC(=O)c1cc2c(cc1C)OC(c1ccc(C)cc1)(c1ccc(C)cc1)C2. The number of carbonyl (C=O) groups is 1. The van der Waals surface area contributed by atoms with Gasteiger partial charge in [-0.25, -0.2) is 0 Å². The molecule has 0 aromatic heterocycles. The highest BCUT2D eigenvalue weighted by atomic mass is 16.5. The van der Waals surface area contributed by atoms with E-state index >= 15 is 0 Å². The molecule has 4 rings (SSSR count). The summed E-state index contributed by atoms with van der Waals surface area (Å²) in [6.07, 6.45) is 0.717. The minimum atomic E-state index is -0.564. The minimum absolute atomic E-state index is 0.0958. The lowest BCUT2D eigenvalue weighted by Gasteiger charge is -2.30. The molecule has 0 unspecified atom stereocenters. The lowest BCUT2D eigenvalue weighted by Crippen LogP contribution is -2.32. The number of hydrogen-bond donors (Lipinski definition) is 0. The molecule has 0 aliphatic carbocycles. The summed E-state index contributed by atoms with van der Waals surface area (Å²) in [6.45, 7) is 7.78. The Bertz CT molecular complexity index is 966. The molecule has 2 heteroatoms. The van der Waals surface area contributed by atoms with Crippen molar-refractivity contribution in [3.8, 4) is 5.75 Å². The van der Waals surface area contributed by atoms with Gasteiger partial charge in [-0.3, -0.25) is 4.79 Å². The number of carbonyl (C=O) groups excluding carboxylic acids is 1. The summed E-state index contributed by atoms with van der Waals surface area (Å²) in [7, 11) is 0. The van der Waals surface area contributed by atoms with Gasteiger partial charge in [-0.2, -0.15) is 0 Å². The number of Topliss-reactive ketones (excluding diaryl/α,β-unsaturated/α-hetero) is 1. The zero-order valence-electron chi connectivity index (χ0n) is 16.3. The van der Waals surface area contributed by atoms with Crippen molar-refractivity contribution in [2.24, 2.45) is 0 Å². The highest BCUT2D eigenvalue weighted by molar-refractivity contribution is 5.96. The monoisotopic (exact) mass is 356 g/mol. The molecule has 1 heterocycles. The van der Waals surface area contributed by atoms with Gasteiger partial charge in [-0.05, 0) is 51.0 Å². The van der Waals surface area contributed by atoms with E-state index in [1.165, 1.54) is 11.1 Å². The van der Waals surface area contributed by atoms with Crippen LogP contribution >= 0.6 is 0 Å². The Hall–Kier alpha value is -2.87. The summed E-state index contributed by atoms with van der Waals surface area (Å²) in [5, 5.41) is 0. The lowest BCUT2D eigenvalue weighted by molar-refractivity contribution is 0.101. The normalized spacial score (nSPS) is 14.5. The number of ketones is 1. The van der Waals surface area contributed by atoms with Crippen LogP contribution in [0.15, 0.2) is 60.7 Å². The highest BCUT2D eigenvalue weighted by Gasteiger charge is 2.43. The summed E-state index contributed by atoms with van der Waals surface area (Å²) < 4.78 is 6.65. The van der Waals surface area contributed by atoms with E-state index in [-0.39, 0.29) is 5.78 Å². The topological polar surface area (TPSA) is 26.3 Å². The van der Waals surface area contributed by atoms with Gasteiger partial charge in [0.1, 0.15) is 5.75 Å². The predicted octanol–water partition coefficient (Wildman–Crippen LogP) is 5.69. The third-order valence-corrected chi connectivity index (χ3v) is 5.55. The maximum Gasteiger partial charge on any atom is 0.163 e. The molecule has 0 bridgehead atoms. The van der Waals surface area contributed by atoms with Gasteiger partial charge in [0.05, 0.1) is 0 Å². The number of ether oxygens (including phenoxy) is 1. The van der Waals surface area contributed by atoms with Crippen LogP contribution in [0.3, 0.4) is 0 Å². The van der Waals surface area contributed by atoms with E-state index in [0.29, 0.717) is 0 Å². The molecule has 3 aromatic carbocycles. The van der Waals surface area contributed by atoms with Crippen LogP contribution in [0.2, 0.25) is 0 Å². The Morgan fingerprint density at radius 3 is 1.85 bits per heavy atom. The van der Waals surface area contributed by atoms with E-state index in [9.17, 15) is 4.79 Å². The Morgan fingerprint density at radius 2 is 1.37 bits per heavy atom. The van der Waals surface area contributed by atoms with Crippen molar-refractivity contribution >= 4 is 5.78 Å². The first-order chi connectivity index (χ1) is 12.9. The van der Waals surface area contributed by atoms with Crippen LogP contribution < -0.4 is 4.74 Å². The van der Waals surface area contributed by atoms with Crippen molar-refractivity contribution in [2.45, 2.75) is 39.7 Å². The summed E-state index contributed by atoms with van der Waals surface area (Å²) in [5.74, 6) is 0.970. The van der Waals surface area contributed by atoms with Gasteiger partial charge in [0.2, 0.25) is 0 Å². The zero-order valence-corrected chi connectivity index (χ0v) is 16.3. The van der Waals surface area contributed by atoms with Crippen molar-refractivity contribution in [3.05, 3.63) is 99.6 Å². The Morgan fingerprint density at radius 1 is 0.852 bits per heavy atom. The zero-order chi connectivity index (χ0) is 19.2. The maximum atomic E-state index is 12.0. The summed E-state index contributed by atoms with van der Waals surface area (Å²) >= 11 is 0. The maximum absolute atomic E-state index is 12.0. The molecule has 3 aromatic rings. The van der Waals surface area contributed by atoms with Gasteiger partial charge in [0.15, 0.2) is 11.4 Å². The molecular formula is C25H24O2. The standard InChI is InChI=1S/C25H24O2/c1-16-5-9-21(10-6-16)25(22-11-7-17(2)8-12-22)15-20-14-23(19(4)26)18(3)13-24(20)27-25/h5-14H,15H2,1-4H3. The van der Waals surface area contributed by atoms with Gasteiger partial charge in [0.25, 0.3) is 0 Å². The number of aryl methyl sites for hydroxylation is 3. The van der Waals surface area contributed by atoms with Crippen molar-refractivity contribution in [1.29, 1.82) is 0 Å². The fourth-order valence-corrected chi connectivity index (χ4v) is 3.96. The molecular weight excluding hydrogens is 332 g/mol. The van der Waals surface area contributed by atoms with Crippen molar-refractivity contribution in [3.63, 3.8) is 0 Å². The van der Waals surface area contributed by atoms with Crippen LogP contribution in [0.5, 0.6) is 5.75 Å². The van der Waals surface area contributed by atoms with Crippen LogP contribution in [0.1, 0.15) is 50.7 Å². The molecule has 2 nitrogen and oxygen atoms in total. The summed E-state index contributed by atoms with van der Waals surface area (Å²) in [5.41, 5.74) is 6.99. The van der Waals surface area contributed by atoms with Gasteiger partial charge < -0.3 is 4.74 Å². The Balaban J connectivity index is 1.89. The van der Waals surface area contributed by atoms with Crippen LogP contribution in [0, 0.1) is 20.8 Å². The fourth-order valence-electron chi connectivity index (χ4n) is 3.96. The second-order valence-electron chi connectivity index (χ2n) is 7.67. The minimum Gasteiger partial charge on any atom is -0.477 e.